The number of carbonyl (C=O) groups excluding carboxylic acids is 1. The topological polar surface area (TPSA) is 68.0 Å². The third-order valence-electron chi connectivity index (χ3n) is 2.53. The zero-order chi connectivity index (χ0) is 14.8. The number of carbonyl (C=O) groups is 1. The third kappa shape index (κ3) is 3.05. The van der Waals surface area contributed by atoms with Crippen LogP contribution in [0.5, 0.6) is 0 Å². The number of hydrogen-bond acceptors (Lipinski definition) is 3. The minimum atomic E-state index is -4.46. The summed E-state index contributed by atoms with van der Waals surface area (Å²) < 4.78 is 37.6. The fraction of sp³-hybridized carbons (Fsp3) is 0.0769. The molecule has 0 aliphatic heterocycles. The van der Waals surface area contributed by atoms with Crippen molar-refractivity contribution < 1.29 is 18.0 Å². The number of nitrogens with two attached hydrogens (primary N) is 1. The van der Waals surface area contributed by atoms with Gasteiger partial charge in [-0.3, -0.25) is 4.79 Å². The van der Waals surface area contributed by atoms with Crippen molar-refractivity contribution in [3.8, 4) is 0 Å². The first kappa shape index (κ1) is 13.9. The van der Waals surface area contributed by atoms with Gasteiger partial charge < -0.3 is 11.1 Å². The van der Waals surface area contributed by atoms with Gasteiger partial charge in [-0.1, -0.05) is 6.07 Å². The van der Waals surface area contributed by atoms with Crippen LogP contribution in [-0.2, 0) is 6.18 Å². The van der Waals surface area contributed by atoms with Crippen LogP contribution < -0.4 is 11.1 Å². The van der Waals surface area contributed by atoms with Crippen molar-refractivity contribution in [2.24, 2.45) is 0 Å². The van der Waals surface area contributed by atoms with Crippen molar-refractivity contribution in [1.29, 1.82) is 0 Å². The molecular weight excluding hydrogens is 271 g/mol. The molecule has 3 N–H and O–H groups in total. The van der Waals surface area contributed by atoms with Gasteiger partial charge in [0.15, 0.2) is 0 Å². The molecule has 0 atom stereocenters. The molecular formula is C13H10F3N3O. The molecule has 0 aliphatic carbocycles. The van der Waals surface area contributed by atoms with Gasteiger partial charge in [0.1, 0.15) is 5.82 Å². The minimum Gasteiger partial charge on any atom is -0.383 e. The Balaban J connectivity index is 2.23. The Morgan fingerprint density at radius 1 is 1.20 bits per heavy atom. The highest BCUT2D eigenvalue weighted by atomic mass is 19.4. The Kier molecular flexibility index (Phi) is 3.60. The summed E-state index contributed by atoms with van der Waals surface area (Å²) in [5.74, 6) is -0.605. The first-order valence-electron chi connectivity index (χ1n) is 5.57. The zero-order valence-corrected chi connectivity index (χ0v) is 10.1. The number of hydrogen-bond donors (Lipinski definition) is 2. The number of anilines is 2. The number of nitrogen functional groups attached to an aromatic ring is 1. The van der Waals surface area contributed by atoms with Crippen molar-refractivity contribution in [2.75, 3.05) is 11.1 Å². The highest BCUT2D eigenvalue weighted by molar-refractivity contribution is 6.07. The van der Waals surface area contributed by atoms with Crippen LogP contribution in [-0.4, -0.2) is 10.9 Å². The SMILES string of the molecule is Nc1ncccc1C(=O)Nc1cccc(C(F)(F)F)c1. The van der Waals surface area contributed by atoms with Crippen molar-refractivity contribution in [3.05, 3.63) is 53.7 Å². The lowest BCUT2D eigenvalue weighted by Gasteiger charge is -2.10. The molecule has 1 aromatic carbocycles. The summed E-state index contributed by atoms with van der Waals surface area (Å²) in [6.07, 6.45) is -3.05. The second-order valence-electron chi connectivity index (χ2n) is 3.97. The summed E-state index contributed by atoms with van der Waals surface area (Å²) in [5, 5.41) is 2.35. The molecule has 0 unspecified atom stereocenters. The minimum absolute atomic E-state index is 0.0111. The molecule has 2 aromatic rings. The molecule has 20 heavy (non-hydrogen) atoms. The Bertz CT molecular complexity index is 641. The number of aromatic nitrogens is 1. The maximum atomic E-state index is 12.5. The van der Waals surface area contributed by atoms with Crippen molar-refractivity contribution >= 4 is 17.4 Å². The smallest absolute Gasteiger partial charge is 0.383 e. The Morgan fingerprint density at radius 2 is 1.95 bits per heavy atom. The average Bonchev–Trinajstić information content (AvgIpc) is 2.38. The van der Waals surface area contributed by atoms with Crippen LogP contribution in [0.2, 0.25) is 0 Å². The molecule has 104 valence electrons. The van der Waals surface area contributed by atoms with E-state index >= 15 is 0 Å². The van der Waals surface area contributed by atoms with E-state index in [9.17, 15) is 18.0 Å². The van der Waals surface area contributed by atoms with Crippen LogP contribution in [0, 0.1) is 0 Å². The van der Waals surface area contributed by atoms with E-state index in [4.69, 9.17) is 5.73 Å². The molecule has 1 heterocycles. The van der Waals surface area contributed by atoms with Gasteiger partial charge in [0.2, 0.25) is 0 Å². The van der Waals surface area contributed by atoms with Gasteiger partial charge in [-0.25, -0.2) is 4.98 Å². The van der Waals surface area contributed by atoms with E-state index in [-0.39, 0.29) is 17.1 Å². The van der Waals surface area contributed by atoms with Gasteiger partial charge in [0, 0.05) is 11.9 Å². The molecule has 0 saturated carbocycles. The van der Waals surface area contributed by atoms with Crippen LogP contribution in [0.4, 0.5) is 24.7 Å². The van der Waals surface area contributed by atoms with Gasteiger partial charge in [0.25, 0.3) is 5.91 Å². The van der Waals surface area contributed by atoms with Gasteiger partial charge in [-0.2, -0.15) is 13.2 Å². The lowest BCUT2D eigenvalue weighted by molar-refractivity contribution is -0.137. The quantitative estimate of drug-likeness (QED) is 0.889. The number of nitrogens with one attached hydrogen (secondary N) is 1. The molecule has 0 fully saturated rings. The summed E-state index contributed by atoms with van der Waals surface area (Å²) in [5.41, 5.74) is 4.82. The predicted molar refractivity (Wildman–Crippen MR) is 68.0 cm³/mol. The van der Waals surface area contributed by atoms with Crippen molar-refractivity contribution in [1.82, 2.24) is 4.98 Å². The van der Waals surface area contributed by atoms with Crippen LogP contribution >= 0.6 is 0 Å². The van der Waals surface area contributed by atoms with E-state index in [1.54, 1.807) is 0 Å². The van der Waals surface area contributed by atoms with Gasteiger partial charge in [-0.15, -0.1) is 0 Å². The number of rotatable bonds is 2. The molecule has 0 radical (unpaired) electrons. The fourth-order valence-electron chi connectivity index (χ4n) is 1.58. The van der Waals surface area contributed by atoms with Crippen LogP contribution in [0.3, 0.4) is 0 Å². The molecule has 0 aliphatic rings. The Morgan fingerprint density at radius 3 is 2.60 bits per heavy atom. The van der Waals surface area contributed by atoms with Gasteiger partial charge in [0.05, 0.1) is 11.1 Å². The van der Waals surface area contributed by atoms with E-state index in [1.165, 1.54) is 30.5 Å². The molecule has 1 aromatic heterocycles. The lowest BCUT2D eigenvalue weighted by atomic mass is 10.2. The first-order valence-corrected chi connectivity index (χ1v) is 5.57. The average molecular weight is 281 g/mol. The summed E-state index contributed by atoms with van der Waals surface area (Å²) in [6.45, 7) is 0. The standard InChI is InChI=1S/C13H10F3N3O/c14-13(15,16)8-3-1-4-9(7-8)19-12(20)10-5-2-6-18-11(10)17/h1-7H,(H2,17,18)(H,19,20). The number of halogens is 3. The summed E-state index contributed by atoms with van der Waals surface area (Å²) in [4.78, 5) is 15.6. The van der Waals surface area contributed by atoms with E-state index in [0.717, 1.165) is 12.1 Å². The van der Waals surface area contributed by atoms with Crippen LogP contribution in [0.25, 0.3) is 0 Å². The van der Waals surface area contributed by atoms with Gasteiger partial charge in [-0.05, 0) is 30.3 Å². The zero-order valence-electron chi connectivity index (χ0n) is 10.1. The van der Waals surface area contributed by atoms with Crippen LogP contribution in [0.1, 0.15) is 15.9 Å². The van der Waals surface area contributed by atoms with E-state index in [2.05, 4.69) is 10.3 Å². The monoisotopic (exact) mass is 281 g/mol. The van der Waals surface area contributed by atoms with Crippen LogP contribution in [0.15, 0.2) is 42.6 Å². The largest absolute Gasteiger partial charge is 0.416 e. The molecule has 0 saturated heterocycles. The maximum absolute atomic E-state index is 12.5. The molecule has 2 rings (SSSR count). The second kappa shape index (κ2) is 5.20. The van der Waals surface area contributed by atoms with Gasteiger partial charge >= 0.3 is 6.18 Å². The maximum Gasteiger partial charge on any atom is 0.416 e. The van der Waals surface area contributed by atoms with Crippen molar-refractivity contribution in [2.45, 2.75) is 6.18 Å². The summed E-state index contributed by atoms with van der Waals surface area (Å²) in [7, 11) is 0. The van der Waals surface area contributed by atoms with E-state index in [0.29, 0.717) is 0 Å². The summed E-state index contributed by atoms with van der Waals surface area (Å²) in [6, 6.07) is 7.30. The molecule has 0 spiro atoms. The summed E-state index contributed by atoms with van der Waals surface area (Å²) >= 11 is 0. The predicted octanol–water partition coefficient (Wildman–Crippen LogP) is 2.93. The fourth-order valence-corrected chi connectivity index (χ4v) is 1.58. The first-order chi connectivity index (χ1) is 9.38. The van der Waals surface area contributed by atoms with E-state index < -0.39 is 17.6 Å². The third-order valence-corrected chi connectivity index (χ3v) is 2.53. The Hall–Kier alpha value is -2.57. The van der Waals surface area contributed by atoms with E-state index in [1.807, 2.05) is 0 Å². The lowest BCUT2D eigenvalue weighted by Crippen LogP contribution is -2.15. The highest BCUT2D eigenvalue weighted by Gasteiger charge is 2.30. The van der Waals surface area contributed by atoms with Crippen molar-refractivity contribution in [3.63, 3.8) is 0 Å². The Labute approximate surface area is 112 Å². The molecule has 0 bridgehead atoms. The number of pyridine rings is 1. The molecule has 4 nitrogen and oxygen atoms in total. The molecule has 1 amide bonds. The highest BCUT2D eigenvalue weighted by Crippen LogP contribution is 2.30. The number of amides is 1. The number of nitrogens with zero attached hydrogens (tertiary/aromatic N) is 1. The normalized spacial score (nSPS) is 11.2. The number of benzene rings is 1. The number of alkyl halides is 3. The molecule has 7 heteroatoms. The second-order valence-corrected chi connectivity index (χ2v) is 3.97.